The van der Waals surface area contributed by atoms with Crippen LogP contribution in [0.1, 0.15) is 66.1 Å². The van der Waals surface area contributed by atoms with Crippen molar-refractivity contribution in [2.75, 3.05) is 13.2 Å². The number of aliphatic hydroxyl groups excluding tert-OH is 1. The zero-order valence-electron chi connectivity index (χ0n) is 21.7. The number of benzene rings is 1. The molecule has 1 aromatic heterocycles. The maximum Gasteiger partial charge on any atom is 0.334 e. The Kier molecular flexibility index (Phi) is 9.17. The first kappa shape index (κ1) is 27.0. The second-order valence-corrected chi connectivity index (χ2v) is 11.0. The van der Waals surface area contributed by atoms with Crippen LogP contribution in [0.3, 0.4) is 0 Å². The number of hydrogen-bond donors (Lipinski definition) is 1. The van der Waals surface area contributed by atoms with Gasteiger partial charge in [0.25, 0.3) is 0 Å². The number of hydrogen-bond acceptors (Lipinski definition) is 6. The summed E-state index contributed by atoms with van der Waals surface area (Å²) in [5, 5.41) is 11.0. The number of carbonyl (C=O) groups is 2. The van der Waals surface area contributed by atoms with Crippen molar-refractivity contribution in [1.82, 2.24) is 0 Å². The Morgan fingerprint density at radius 2 is 1.83 bits per heavy atom. The Bertz CT molecular complexity index is 990. The third-order valence-electron chi connectivity index (χ3n) is 6.54. The van der Waals surface area contributed by atoms with E-state index in [0.717, 1.165) is 30.2 Å². The van der Waals surface area contributed by atoms with Gasteiger partial charge in [0.2, 0.25) is 0 Å². The van der Waals surface area contributed by atoms with Gasteiger partial charge in [0.1, 0.15) is 18.0 Å². The largest absolute Gasteiger partial charge is 0.461 e. The molecule has 1 fully saturated rings. The molecular weight excluding hydrogens is 444 g/mol. The van der Waals surface area contributed by atoms with Crippen LogP contribution in [0.4, 0.5) is 0 Å². The van der Waals surface area contributed by atoms with Gasteiger partial charge < -0.3 is 19.0 Å². The molecule has 0 amide bonds. The number of aliphatic hydroxyl groups is 1. The molecule has 0 bridgehead atoms. The molecule has 35 heavy (non-hydrogen) atoms. The van der Waals surface area contributed by atoms with E-state index >= 15 is 0 Å². The molecule has 1 aromatic carbocycles. The van der Waals surface area contributed by atoms with Crippen LogP contribution in [-0.2, 0) is 25.5 Å². The van der Waals surface area contributed by atoms with E-state index < -0.39 is 30.1 Å². The molecule has 6 heteroatoms. The van der Waals surface area contributed by atoms with Gasteiger partial charge in [-0.05, 0) is 49.1 Å². The Hall–Kier alpha value is -2.60. The normalized spacial score (nSPS) is 20.4. The van der Waals surface area contributed by atoms with Crippen molar-refractivity contribution >= 4 is 22.9 Å². The monoisotopic (exact) mass is 484 g/mol. The zero-order chi connectivity index (χ0) is 25.6. The van der Waals surface area contributed by atoms with Crippen LogP contribution in [0.15, 0.2) is 46.4 Å². The van der Waals surface area contributed by atoms with Gasteiger partial charge in [0.05, 0.1) is 12.5 Å². The average Bonchev–Trinajstić information content (AvgIpc) is 3.35. The van der Waals surface area contributed by atoms with Crippen LogP contribution >= 0.6 is 0 Å². The maximum atomic E-state index is 12.7. The molecule has 0 radical (unpaired) electrons. The molecular formula is C29H40O6. The number of fused-ring (bicyclic) bond motifs is 1. The van der Waals surface area contributed by atoms with E-state index in [9.17, 15) is 14.7 Å². The predicted molar refractivity (Wildman–Crippen MR) is 136 cm³/mol. The summed E-state index contributed by atoms with van der Waals surface area (Å²) in [6, 6.07) is 9.62. The molecule has 3 rings (SSSR count). The standard InChI is InChI=1S/C29H40O6/c1-19(2)12-22(13-20(3)4)10-11-24-16-29(17-30,35-28(24)32)18-33-27(31)21(5)14-25-15-23-8-6-7-9-26(23)34-25/h6-9,11,15,19-22,30H,10,12-14,16-18H2,1-5H3/b24-11+/t21-,29+/m0/s1. The van der Waals surface area contributed by atoms with E-state index in [0.29, 0.717) is 35.5 Å². The van der Waals surface area contributed by atoms with E-state index in [4.69, 9.17) is 13.9 Å². The fourth-order valence-corrected chi connectivity index (χ4v) is 4.89. The summed E-state index contributed by atoms with van der Waals surface area (Å²) in [4.78, 5) is 25.2. The Morgan fingerprint density at radius 1 is 1.14 bits per heavy atom. The van der Waals surface area contributed by atoms with Gasteiger partial charge in [-0.1, -0.05) is 58.9 Å². The molecule has 2 atom stereocenters. The molecule has 1 N–H and O–H groups in total. The van der Waals surface area contributed by atoms with E-state index in [2.05, 4.69) is 27.7 Å². The molecule has 0 unspecified atom stereocenters. The van der Waals surface area contributed by atoms with Gasteiger partial charge in [0, 0.05) is 23.8 Å². The first-order valence-corrected chi connectivity index (χ1v) is 12.8. The Morgan fingerprint density at radius 3 is 2.46 bits per heavy atom. The minimum atomic E-state index is -1.22. The van der Waals surface area contributed by atoms with Gasteiger partial charge >= 0.3 is 11.9 Å². The first-order chi connectivity index (χ1) is 16.6. The van der Waals surface area contributed by atoms with E-state index in [1.54, 1.807) is 6.92 Å². The van der Waals surface area contributed by atoms with Gasteiger partial charge in [-0.3, -0.25) is 4.79 Å². The number of cyclic esters (lactones) is 1. The minimum Gasteiger partial charge on any atom is -0.461 e. The quantitative estimate of drug-likeness (QED) is 0.300. The van der Waals surface area contributed by atoms with Crippen LogP contribution in [0.25, 0.3) is 11.0 Å². The van der Waals surface area contributed by atoms with Crippen LogP contribution in [0.2, 0.25) is 0 Å². The van der Waals surface area contributed by atoms with Crippen LogP contribution < -0.4 is 0 Å². The summed E-state index contributed by atoms with van der Waals surface area (Å²) in [5.41, 5.74) is 0.120. The Labute approximate surface area is 208 Å². The number of carbonyl (C=O) groups excluding carboxylic acids is 2. The zero-order valence-corrected chi connectivity index (χ0v) is 21.7. The van der Waals surface area contributed by atoms with Crippen LogP contribution in [0, 0.1) is 23.7 Å². The summed E-state index contributed by atoms with van der Waals surface area (Å²) in [6.07, 6.45) is 5.60. The third kappa shape index (κ3) is 7.44. The van der Waals surface area contributed by atoms with Gasteiger partial charge in [0.15, 0.2) is 5.60 Å². The summed E-state index contributed by atoms with van der Waals surface area (Å²) >= 11 is 0. The molecule has 0 aliphatic carbocycles. The highest BCUT2D eigenvalue weighted by Gasteiger charge is 2.44. The van der Waals surface area contributed by atoms with Crippen molar-refractivity contribution in [1.29, 1.82) is 0 Å². The van der Waals surface area contributed by atoms with Crippen molar-refractivity contribution in [3.8, 4) is 0 Å². The Balaban J connectivity index is 1.57. The lowest BCUT2D eigenvalue weighted by Gasteiger charge is -2.25. The highest BCUT2D eigenvalue weighted by atomic mass is 16.6. The number of rotatable bonds is 12. The van der Waals surface area contributed by atoms with Crippen molar-refractivity contribution in [2.45, 2.75) is 72.3 Å². The predicted octanol–water partition coefficient (Wildman–Crippen LogP) is 5.86. The van der Waals surface area contributed by atoms with Crippen molar-refractivity contribution in [2.24, 2.45) is 23.7 Å². The summed E-state index contributed by atoms with van der Waals surface area (Å²) < 4.78 is 16.9. The molecule has 1 aliphatic rings. The average molecular weight is 485 g/mol. The molecule has 1 aliphatic heterocycles. The van der Waals surface area contributed by atoms with Crippen LogP contribution in [0.5, 0.6) is 0 Å². The van der Waals surface area contributed by atoms with Crippen LogP contribution in [-0.4, -0.2) is 35.9 Å². The second-order valence-electron chi connectivity index (χ2n) is 11.0. The van der Waals surface area contributed by atoms with Crippen molar-refractivity contribution < 1.29 is 28.6 Å². The number of esters is 2. The topological polar surface area (TPSA) is 86.0 Å². The summed E-state index contributed by atoms with van der Waals surface area (Å²) in [6.45, 7) is 10.1. The van der Waals surface area contributed by atoms with Crippen molar-refractivity contribution in [3.05, 3.63) is 47.7 Å². The summed E-state index contributed by atoms with van der Waals surface area (Å²) in [7, 11) is 0. The highest BCUT2D eigenvalue weighted by Crippen LogP contribution is 2.33. The molecule has 0 saturated carbocycles. The number of allylic oxidation sites excluding steroid dienone is 1. The van der Waals surface area contributed by atoms with Gasteiger partial charge in [-0.25, -0.2) is 4.79 Å². The number of para-hydroxylation sites is 1. The minimum absolute atomic E-state index is 0.169. The van der Waals surface area contributed by atoms with E-state index in [-0.39, 0.29) is 13.0 Å². The second kappa shape index (κ2) is 11.9. The lowest BCUT2D eigenvalue weighted by molar-refractivity contribution is -0.168. The highest BCUT2D eigenvalue weighted by molar-refractivity contribution is 5.91. The first-order valence-electron chi connectivity index (χ1n) is 12.8. The SMILES string of the molecule is CC(C)CC(C/C=C1\C[C@@](CO)(COC(=O)[C@@H](C)Cc2cc3ccccc3o2)OC1=O)CC(C)C. The van der Waals surface area contributed by atoms with Crippen molar-refractivity contribution in [3.63, 3.8) is 0 Å². The fourth-order valence-electron chi connectivity index (χ4n) is 4.89. The third-order valence-corrected chi connectivity index (χ3v) is 6.54. The molecule has 192 valence electrons. The molecule has 6 nitrogen and oxygen atoms in total. The number of ether oxygens (including phenoxy) is 2. The molecule has 1 saturated heterocycles. The summed E-state index contributed by atoms with van der Waals surface area (Å²) in [5.74, 6) is 1.10. The molecule has 2 heterocycles. The number of furan rings is 1. The van der Waals surface area contributed by atoms with Gasteiger partial charge in [-0.2, -0.15) is 0 Å². The maximum absolute atomic E-state index is 12.7. The van der Waals surface area contributed by atoms with Gasteiger partial charge in [-0.15, -0.1) is 0 Å². The molecule has 2 aromatic rings. The lowest BCUT2D eigenvalue weighted by atomic mass is 9.86. The smallest absolute Gasteiger partial charge is 0.334 e. The fraction of sp³-hybridized carbons (Fsp3) is 0.586. The molecule has 0 spiro atoms. The lowest BCUT2D eigenvalue weighted by Crippen LogP contribution is -2.40. The van der Waals surface area contributed by atoms with E-state index in [1.165, 1.54) is 0 Å². The van der Waals surface area contributed by atoms with E-state index in [1.807, 2.05) is 36.4 Å².